The maximum atomic E-state index is 12.5. The van der Waals surface area contributed by atoms with Gasteiger partial charge in [-0.25, -0.2) is 9.97 Å². The Kier molecular flexibility index (Phi) is 7.02. The standard InChI is InChI=1S/C23H27ClN6O3/c1-13(8-16(31)10-25)9-18(26)22(32)33-11-14-4-2-3-5-17(14)19-20-21(29-23(24)28-19)30(12-27-20)15-6-7-15/h2-5,12-13,15,18H,6-11,25-26H2,1H3. The van der Waals surface area contributed by atoms with Gasteiger partial charge in [0.15, 0.2) is 5.65 Å². The monoisotopic (exact) mass is 470 g/mol. The van der Waals surface area contributed by atoms with E-state index in [9.17, 15) is 9.59 Å². The third kappa shape index (κ3) is 5.38. The topological polar surface area (TPSA) is 139 Å². The summed E-state index contributed by atoms with van der Waals surface area (Å²) in [5.74, 6) is -0.648. The molecule has 0 bridgehead atoms. The number of ketones is 1. The number of esters is 1. The molecule has 2 unspecified atom stereocenters. The van der Waals surface area contributed by atoms with E-state index in [1.807, 2.05) is 35.8 Å². The molecule has 1 saturated carbocycles. The maximum Gasteiger partial charge on any atom is 0.323 e. The number of nitrogens with two attached hydrogens (primary N) is 2. The molecule has 174 valence electrons. The van der Waals surface area contributed by atoms with E-state index in [0.717, 1.165) is 24.0 Å². The molecule has 1 fully saturated rings. The van der Waals surface area contributed by atoms with Gasteiger partial charge in [0.1, 0.15) is 29.6 Å². The fourth-order valence-electron chi connectivity index (χ4n) is 3.92. The second-order valence-corrected chi connectivity index (χ2v) is 8.89. The maximum absolute atomic E-state index is 12.5. The molecule has 0 spiro atoms. The summed E-state index contributed by atoms with van der Waals surface area (Å²) in [4.78, 5) is 37.4. The fourth-order valence-corrected chi connectivity index (χ4v) is 4.08. The summed E-state index contributed by atoms with van der Waals surface area (Å²) in [6.07, 6.45) is 4.59. The predicted molar refractivity (Wildman–Crippen MR) is 124 cm³/mol. The molecule has 2 heterocycles. The lowest BCUT2D eigenvalue weighted by Gasteiger charge is -2.16. The Balaban J connectivity index is 1.51. The molecule has 0 radical (unpaired) electrons. The zero-order valence-corrected chi connectivity index (χ0v) is 19.2. The first-order valence-electron chi connectivity index (χ1n) is 11.0. The number of hydrogen-bond acceptors (Lipinski definition) is 8. The van der Waals surface area contributed by atoms with Crippen molar-refractivity contribution in [1.82, 2.24) is 19.5 Å². The van der Waals surface area contributed by atoms with Crippen molar-refractivity contribution in [2.45, 2.75) is 51.3 Å². The van der Waals surface area contributed by atoms with E-state index in [1.54, 1.807) is 6.33 Å². The minimum Gasteiger partial charge on any atom is -0.460 e. The smallest absolute Gasteiger partial charge is 0.323 e. The molecule has 3 aromatic rings. The van der Waals surface area contributed by atoms with Crippen molar-refractivity contribution in [3.8, 4) is 11.3 Å². The van der Waals surface area contributed by atoms with Crippen molar-refractivity contribution in [2.24, 2.45) is 17.4 Å². The van der Waals surface area contributed by atoms with E-state index in [1.165, 1.54) is 0 Å². The normalized spacial score (nSPS) is 15.4. The first kappa shape index (κ1) is 23.3. The van der Waals surface area contributed by atoms with Crippen LogP contribution >= 0.6 is 11.6 Å². The quantitative estimate of drug-likeness (QED) is 0.340. The largest absolute Gasteiger partial charge is 0.460 e. The highest BCUT2D eigenvalue weighted by Crippen LogP contribution is 2.38. The summed E-state index contributed by atoms with van der Waals surface area (Å²) in [6.45, 7) is 1.87. The van der Waals surface area contributed by atoms with Crippen molar-refractivity contribution in [3.63, 3.8) is 0 Å². The van der Waals surface area contributed by atoms with Gasteiger partial charge in [0.25, 0.3) is 0 Å². The van der Waals surface area contributed by atoms with E-state index in [0.29, 0.717) is 29.3 Å². The second-order valence-electron chi connectivity index (χ2n) is 8.56. The summed E-state index contributed by atoms with van der Waals surface area (Å²) in [7, 11) is 0. The molecular formula is C23H27ClN6O3. The average Bonchev–Trinajstić information content (AvgIpc) is 3.56. The number of hydrogen-bond donors (Lipinski definition) is 2. The van der Waals surface area contributed by atoms with E-state index >= 15 is 0 Å². The number of Topliss-reactive ketones (excluding diaryl/α,β-unsaturated/α-hetero) is 1. The molecular weight excluding hydrogens is 444 g/mol. The van der Waals surface area contributed by atoms with Crippen molar-refractivity contribution < 1.29 is 14.3 Å². The zero-order valence-electron chi connectivity index (χ0n) is 18.4. The number of halogens is 1. The van der Waals surface area contributed by atoms with Crippen LogP contribution in [-0.2, 0) is 20.9 Å². The molecule has 4 N–H and O–H groups in total. The molecule has 0 aliphatic heterocycles. The highest BCUT2D eigenvalue weighted by Gasteiger charge is 2.27. The summed E-state index contributed by atoms with van der Waals surface area (Å²) in [5, 5.41) is 0.134. The fraction of sp³-hybridized carbons (Fsp3) is 0.435. The summed E-state index contributed by atoms with van der Waals surface area (Å²) in [6, 6.07) is 7.05. The van der Waals surface area contributed by atoms with Crippen LogP contribution in [0.1, 0.15) is 44.2 Å². The lowest BCUT2D eigenvalue weighted by atomic mass is 9.97. The Bertz CT molecular complexity index is 1180. The number of rotatable bonds is 10. The number of ether oxygens (including phenoxy) is 1. The first-order valence-corrected chi connectivity index (χ1v) is 11.4. The third-order valence-electron chi connectivity index (χ3n) is 5.74. The van der Waals surface area contributed by atoms with Gasteiger partial charge >= 0.3 is 5.97 Å². The Morgan fingerprint density at radius 2 is 2.03 bits per heavy atom. The highest BCUT2D eigenvalue weighted by atomic mass is 35.5. The first-order chi connectivity index (χ1) is 15.9. The van der Waals surface area contributed by atoms with Gasteiger partial charge in [0.05, 0.1) is 12.9 Å². The molecule has 0 saturated heterocycles. The van der Waals surface area contributed by atoms with Crippen LogP contribution in [0.3, 0.4) is 0 Å². The van der Waals surface area contributed by atoms with Gasteiger partial charge in [-0.1, -0.05) is 31.2 Å². The minimum atomic E-state index is -0.827. The van der Waals surface area contributed by atoms with Crippen molar-refractivity contribution in [3.05, 3.63) is 41.4 Å². The predicted octanol–water partition coefficient (Wildman–Crippen LogP) is 2.80. The van der Waals surface area contributed by atoms with Gasteiger partial charge in [-0.2, -0.15) is 4.98 Å². The number of carbonyl (C=O) groups excluding carboxylic acids is 2. The number of fused-ring (bicyclic) bond motifs is 1. The number of aromatic nitrogens is 4. The van der Waals surface area contributed by atoms with Crippen molar-refractivity contribution >= 4 is 34.5 Å². The molecule has 2 aromatic heterocycles. The minimum absolute atomic E-state index is 0.0139. The number of benzene rings is 1. The summed E-state index contributed by atoms with van der Waals surface area (Å²) >= 11 is 6.25. The molecule has 1 aliphatic carbocycles. The lowest BCUT2D eigenvalue weighted by Crippen LogP contribution is -2.34. The van der Waals surface area contributed by atoms with Crippen LogP contribution in [-0.4, -0.2) is 43.9 Å². The van der Waals surface area contributed by atoms with Crippen LogP contribution in [0.2, 0.25) is 5.28 Å². The highest BCUT2D eigenvalue weighted by molar-refractivity contribution is 6.28. The van der Waals surface area contributed by atoms with Gasteiger partial charge in [-0.3, -0.25) is 9.59 Å². The van der Waals surface area contributed by atoms with Crippen LogP contribution in [0, 0.1) is 5.92 Å². The number of carbonyl (C=O) groups is 2. The summed E-state index contributed by atoms with van der Waals surface area (Å²) < 4.78 is 7.54. The Labute approximate surface area is 196 Å². The van der Waals surface area contributed by atoms with Crippen molar-refractivity contribution in [2.75, 3.05) is 6.54 Å². The molecule has 1 aromatic carbocycles. The van der Waals surface area contributed by atoms with Crippen LogP contribution < -0.4 is 11.5 Å². The molecule has 1 aliphatic rings. The SMILES string of the molecule is CC(CC(=O)CN)CC(N)C(=O)OCc1ccccc1-c1nc(Cl)nc2c1ncn2C1CC1. The van der Waals surface area contributed by atoms with Gasteiger partial charge in [0.2, 0.25) is 5.28 Å². The number of nitrogens with zero attached hydrogens (tertiary/aromatic N) is 4. The van der Waals surface area contributed by atoms with Crippen LogP contribution in [0.4, 0.5) is 0 Å². The molecule has 0 amide bonds. The van der Waals surface area contributed by atoms with Gasteiger partial charge in [-0.05, 0) is 42.3 Å². The van der Waals surface area contributed by atoms with Gasteiger partial charge in [0, 0.05) is 18.0 Å². The van der Waals surface area contributed by atoms with E-state index < -0.39 is 12.0 Å². The zero-order chi connectivity index (χ0) is 23.5. The van der Waals surface area contributed by atoms with E-state index in [2.05, 4.69) is 15.0 Å². The Morgan fingerprint density at radius 3 is 2.76 bits per heavy atom. The molecule has 10 heteroatoms. The molecule has 9 nitrogen and oxygen atoms in total. The molecule has 2 atom stereocenters. The van der Waals surface area contributed by atoms with E-state index in [4.69, 9.17) is 27.8 Å². The van der Waals surface area contributed by atoms with Crippen molar-refractivity contribution in [1.29, 1.82) is 0 Å². The lowest BCUT2D eigenvalue weighted by molar-refractivity contribution is -0.147. The average molecular weight is 471 g/mol. The van der Waals surface area contributed by atoms with E-state index in [-0.39, 0.29) is 36.6 Å². The van der Waals surface area contributed by atoms with Crippen LogP contribution in [0.5, 0.6) is 0 Å². The van der Waals surface area contributed by atoms with Crippen LogP contribution in [0.25, 0.3) is 22.4 Å². The van der Waals surface area contributed by atoms with Gasteiger partial charge in [-0.15, -0.1) is 0 Å². The second kappa shape index (κ2) is 9.94. The van der Waals surface area contributed by atoms with Crippen LogP contribution in [0.15, 0.2) is 30.6 Å². The summed E-state index contributed by atoms with van der Waals surface area (Å²) in [5.41, 5.74) is 14.8. The molecule has 33 heavy (non-hydrogen) atoms. The third-order valence-corrected chi connectivity index (χ3v) is 5.91. The number of imidazole rings is 1. The van der Waals surface area contributed by atoms with Gasteiger partial charge < -0.3 is 20.8 Å². The Hall–Kier alpha value is -2.88. The molecule has 4 rings (SSSR count). The Morgan fingerprint density at radius 1 is 1.27 bits per heavy atom.